The molecule has 22 heavy (non-hydrogen) atoms. The summed E-state index contributed by atoms with van der Waals surface area (Å²) in [5.41, 5.74) is 0.927. The summed E-state index contributed by atoms with van der Waals surface area (Å²) in [6.45, 7) is 0.927. The third-order valence-electron chi connectivity index (χ3n) is 3.16. The molecule has 0 amide bonds. The van der Waals surface area contributed by atoms with Gasteiger partial charge in [0.05, 0.1) is 22.7 Å². The van der Waals surface area contributed by atoms with Crippen molar-refractivity contribution in [2.45, 2.75) is 10.1 Å². The van der Waals surface area contributed by atoms with Gasteiger partial charge in [0, 0.05) is 22.5 Å². The monoisotopic (exact) mass is 385 g/mol. The molecule has 0 saturated carbocycles. The summed E-state index contributed by atoms with van der Waals surface area (Å²) in [5.74, 6) is -0.348. The highest BCUT2D eigenvalue weighted by atomic mass is 79.9. The number of rotatable bonds is 7. The van der Waals surface area contributed by atoms with E-state index in [0.717, 1.165) is 10.0 Å². The van der Waals surface area contributed by atoms with Crippen LogP contribution in [-0.4, -0.2) is 29.0 Å². The van der Waals surface area contributed by atoms with Gasteiger partial charge in [-0.15, -0.1) is 0 Å². The first-order chi connectivity index (χ1) is 10.6. The summed E-state index contributed by atoms with van der Waals surface area (Å²) in [7, 11) is -1.32. The van der Waals surface area contributed by atoms with Crippen LogP contribution in [0.25, 0.3) is 0 Å². The van der Waals surface area contributed by atoms with Gasteiger partial charge < -0.3 is 10.4 Å². The first-order valence-corrected chi connectivity index (χ1v) is 8.85. The van der Waals surface area contributed by atoms with Gasteiger partial charge in [0.1, 0.15) is 5.82 Å². The molecule has 0 fully saturated rings. The number of aliphatic hydroxyl groups is 1. The second kappa shape index (κ2) is 8.53. The average molecular weight is 386 g/mol. The van der Waals surface area contributed by atoms with Crippen molar-refractivity contribution >= 4 is 26.7 Å². The molecular formula is C16H17BrFNO2S. The third-order valence-corrected chi connectivity index (χ3v) is 5.39. The van der Waals surface area contributed by atoms with Crippen LogP contribution in [0.5, 0.6) is 0 Å². The smallest absolute Gasteiger partial charge is 0.123 e. The van der Waals surface area contributed by atoms with E-state index in [9.17, 15) is 8.60 Å². The Kier molecular flexibility index (Phi) is 6.70. The standard InChI is InChI=1S/C16H17BrFNO2S/c17-13-3-1-12(2-4-13)16(11-19-9-10-20)22(21)15-7-5-14(18)6-8-15/h1-8,16,19-20H,9-11H2. The highest BCUT2D eigenvalue weighted by Crippen LogP contribution is 2.26. The molecule has 2 rings (SSSR count). The molecule has 2 N–H and O–H groups in total. The van der Waals surface area contributed by atoms with Crippen LogP contribution in [0, 0.1) is 5.82 Å². The molecule has 0 spiro atoms. The summed E-state index contributed by atoms with van der Waals surface area (Å²) in [6, 6.07) is 13.3. The molecule has 0 bridgehead atoms. The van der Waals surface area contributed by atoms with E-state index in [1.165, 1.54) is 12.1 Å². The van der Waals surface area contributed by atoms with Gasteiger partial charge in [0.2, 0.25) is 0 Å². The molecule has 2 aromatic carbocycles. The van der Waals surface area contributed by atoms with E-state index < -0.39 is 10.8 Å². The number of aliphatic hydroxyl groups excluding tert-OH is 1. The lowest BCUT2D eigenvalue weighted by atomic mass is 10.1. The predicted molar refractivity (Wildman–Crippen MR) is 89.6 cm³/mol. The molecular weight excluding hydrogens is 369 g/mol. The number of hydrogen-bond acceptors (Lipinski definition) is 3. The van der Waals surface area contributed by atoms with E-state index in [4.69, 9.17) is 5.11 Å². The Hall–Kier alpha value is -1.08. The van der Waals surface area contributed by atoms with Gasteiger partial charge in [-0.3, -0.25) is 4.21 Å². The van der Waals surface area contributed by atoms with Crippen LogP contribution < -0.4 is 5.32 Å². The quantitative estimate of drug-likeness (QED) is 0.720. The maximum Gasteiger partial charge on any atom is 0.123 e. The minimum atomic E-state index is -1.32. The second-order valence-corrected chi connectivity index (χ2v) is 7.27. The van der Waals surface area contributed by atoms with Gasteiger partial charge >= 0.3 is 0 Å². The van der Waals surface area contributed by atoms with Crippen molar-refractivity contribution in [3.05, 3.63) is 64.4 Å². The van der Waals surface area contributed by atoms with E-state index in [1.54, 1.807) is 12.1 Å². The Morgan fingerprint density at radius 2 is 1.77 bits per heavy atom. The van der Waals surface area contributed by atoms with E-state index >= 15 is 0 Å². The molecule has 118 valence electrons. The van der Waals surface area contributed by atoms with Gasteiger partial charge in [-0.05, 0) is 42.0 Å². The Morgan fingerprint density at radius 3 is 2.36 bits per heavy atom. The maximum atomic E-state index is 13.0. The molecule has 3 nitrogen and oxygen atoms in total. The van der Waals surface area contributed by atoms with Gasteiger partial charge in [0.25, 0.3) is 0 Å². The van der Waals surface area contributed by atoms with E-state index in [2.05, 4.69) is 21.2 Å². The van der Waals surface area contributed by atoms with Gasteiger partial charge in [-0.25, -0.2) is 4.39 Å². The Bertz CT molecular complexity index is 619. The number of hydrogen-bond donors (Lipinski definition) is 2. The maximum absolute atomic E-state index is 13.0. The topological polar surface area (TPSA) is 49.3 Å². The Morgan fingerprint density at radius 1 is 1.14 bits per heavy atom. The zero-order valence-electron chi connectivity index (χ0n) is 11.8. The summed E-state index contributed by atoms with van der Waals surface area (Å²) in [4.78, 5) is 0.583. The molecule has 0 aliphatic rings. The summed E-state index contributed by atoms with van der Waals surface area (Å²) in [6.07, 6.45) is 0. The van der Waals surface area contributed by atoms with Crippen LogP contribution in [0.3, 0.4) is 0 Å². The predicted octanol–water partition coefficient (Wildman–Crippen LogP) is 3.02. The molecule has 0 aliphatic carbocycles. The Labute approximate surface area is 140 Å². The van der Waals surface area contributed by atoms with Crippen LogP contribution in [-0.2, 0) is 10.8 Å². The fraction of sp³-hybridized carbons (Fsp3) is 0.250. The van der Waals surface area contributed by atoms with Crippen LogP contribution in [0.4, 0.5) is 4.39 Å². The van der Waals surface area contributed by atoms with Crippen molar-refractivity contribution < 1.29 is 13.7 Å². The number of nitrogens with one attached hydrogen (secondary N) is 1. The molecule has 0 radical (unpaired) electrons. The molecule has 0 saturated heterocycles. The minimum absolute atomic E-state index is 0.0240. The lowest BCUT2D eigenvalue weighted by Gasteiger charge is -2.18. The molecule has 2 atom stereocenters. The van der Waals surface area contributed by atoms with Crippen LogP contribution in [0.2, 0.25) is 0 Å². The van der Waals surface area contributed by atoms with Crippen molar-refractivity contribution in [2.75, 3.05) is 19.7 Å². The van der Waals surface area contributed by atoms with Crippen molar-refractivity contribution in [2.24, 2.45) is 0 Å². The fourth-order valence-corrected chi connectivity index (χ4v) is 3.71. The average Bonchev–Trinajstić information content (AvgIpc) is 2.53. The molecule has 2 unspecified atom stereocenters. The molecule has 0 heterocycles. The van der Waals surface area contributed by atoms with Gasteiger partial charge in [-0.2, -0.15) is 0 Å². The molecule has 0 aliphatic heterocycles. The summed E-state index contributed by atoms with van der Waals surface area (Å²) >= 11 is 3.38. The second-order valence-electron chi connectivity index (χ2n) is 4.72. The number of benzene rings is 2. The van der Waals surface area contributed by atoms with Crippen LogP contribution >= 0.6 is 15.9 Å². The van der Waals surface area contributed by atoms with Crippen LogP contribution in [0.1, 0.15) is 10.8 Å². The first-order valence-electron chi connectivity index (χ1n) is 6.85. The third kappa shape index (κ3) is 4.71. The van der Waals surface area contributed by atoms with E-state index in [0.29, 0.717) is 18.0 Å². The first kappa shape index (κ1) is 17.3. The SMILES string of the molecule is O=S(c1ccc(F)cc1)C(CNCCO)c1ccc(Br)cc1. The molecule has 0 aromatic heterocycles. The molecule has 2 aromatic rings. The highest BCUT2D eigenvalue weighted by Gasteiger charge is 2.20. The fourth-order valence-electron chi connectivity index (χ4n) is 2.04. The summed E-state index contributed by atoms with van der Waals surface area (Å²) < 4.78 is 26.8. The lowest BCUT2D eigenvalue weighted by molar-refractivity contribution is 0.292. The van der Waals surface area contributed by atoms with Gasteiger partial charge in [-0.1, -0.05) is 28.1 Å². The van der Waals surface area contributed by atoms with E-state index in [1.807, 2.05) is 24.3 Å². The Balaban J connectivity index is 2.24. The zero-order chi connectivity index (χ0) is 15.9. The highest BCUT2D eigenvalue weighted by molar-refractivity contribution is 9.10. The number of halogens is 2. The van der Waals surface area contributed by atoms with Crippen LogP contribution in [0.15, 0.2) is 57.9 Å². The normalized spacial score (nSPS) is 13.8. The largest absolute Gasteiger partial charge is 0.395 e. The lowest BCUT2D eigenvalue weighted by Crippen LogP contribution is -2.26. The minimum Gasteiger partial charge on any atom is -0.395 e. The van der Waals surface area contributed by atoms with Crippen molar-refractivity contribution in [1.29, 1.82) is 0 Å². The van der Waals surface area contributed by atoms with Gasteiger partial charge in [0.15, 0.2) is 0 Å². The zero-order valence-corrected chi connectivity index (χ0v) is 14.2. The van der Waals surface area contributed by atoms with E-state index in [-0.39, 0.29) is 17.7 Å². The van der Waals surface area contributed by atoms with Crippen molar-refractivity contribution in [1.82, 2.24) is 5.32 Å². The van der Waals surface area contributed by atoms with Crippen molar-refractivity contribution in [3.63, 3.8) is 0 Å². The van der Waals surface area contributed by atoms with Crippen molar-refractivity contribution in [3.8, 4) is 0 Å². The summed E-state index contributed by atoms with van der Waals surface area (Å²) in [5, 5.41) is 11.7. The molecule has 6 heteroatoms.